The summed E-state index contributed by atoms with van der Waals surface area (Å²) in [5.41, 5.74) is 2.94. The van der Waals surface area contributed by atoms with E-state index in [1.807, 2.05) is 31.2 Å². The van der Waals surface area contributed by atoms with Gasteiger partial charge in [0.05, 0.1) is 17.0 Å². The lowest BCUT2D eigenvalue weighted by Crippen LogP contribution is -2.23. The van der Waals surface area contributed by atoms with Crippen molar-refractivity contribution in [1.29, 1.82) is 0 Å². The number of rotatable bonds is 7. The average molecular weight is 468 g/mol. The van der Waals surface area contributed by atoms with Crippen LogP contribution in [0.3, 0.4) is 0 Å². The Hall–Kier alpha value is -3.79. The number of fused-ring (bicyclic) bond motifs is 1. The Labute approximate surface area is 192 Å². The van der Waals surface area contributed by atoms with Gasteiger partial charge in [-0.25, -0.2) is 8.78 Å². The highest BCUT2D eigenvalue weighted by atomic mass is 32.2. The zero-order valence-electron chi connectivity index (χ0n) is 17.5. The third kappa shape index (κ3) is 5.53. The van der Waals surface area contributed by atoms with Crippen molar-refractivity contribution in [2.45, 2.75) is 18.6 Å². The molecule has 33 heavy (non-hydrogen) atoms. The first-order valence-electron chi connectivity index (χ1n) is 9.95. The van der Waals surface area contributed by atoms with E-state index in [0.717, 1.165) is 35.0 Å². The smallest absolute Gasteiger partial charge is 0.253 e. The van der Waals surface area contributed by atoms with Crippen molar-refractivity contribution in [3.8, 4) is 0 Å². The van der Waals surface area contributed by atoms with Crippen LogP contribution in [0.5, 0.6) is 0 Å². The summed E-state index contributed by atoms with van der Waals surface area (Å²) in [5, 5.41) is 13.7. The van der Waals surface area contributed by atoms with Gasteiger partial charge in [0, 0.05) is 18.8 Å². The van der Waals surface area contributed by atoms with E-state index in [4.69, 9.17) is 0 Å². The molecule has 2 N–H and O–H groups in total. The van der Waals surface area contributed by atoms with Gasteiger partial charge in [0.1, 0.15) is 11.6 Å². The number of nitrogens with one attached hydrogen (secondary N) is 2. The first kappa shape index (κ1) is 22.4. The number of halogens is 2. The number of pyridine rings is 1. The topological polar surface area (TPSA) is 88.4 Å². The standard InChI is InChI=1S/C23H19F2N5O2S/c1-14-2-4-15(5-3-14)11-26-22(32)16-6-9-20-28-29-23(30(20)12-16)33-13-21(31)27-19-8-7-17(24)10-18(19)25/h2-10,12H,11,13H2,1H3,(H,26,32)(H,27,31). The van der Waals surface area contributed by atoms with Crippen molar-refractivity contribution in [3.05, 3.63) is 89.1 Å². The highest BCUT2D eigenvalue weighted by Gasteiger charge is 2.14. The zero-order chi connectivity index (χ0) is 23.4. The van der Waals surface area contributed by atoms with Gasteiger partial charge in [-0.05, 0) is 36.8 Å². The summed E-state index contributed by atoms with van der Waals surface area (Å²) in [6.45, 7) is 2.39. The Kier molecular flexibility index (Phi) is 6.64. The normalized spacial score (nSPS) is 10.9. The van der Waals surface area contributed by atoms with Crippen molar-refractivity contribution < 1.29 is 18.4 Å². The van der Waals surface area contributed by atoms with E-state index >= 15 is 0 Å². The highest BCUT2D eigenvalue weighted by Crippen LogP contribution is 2.20. The monoisotopic (exact) mass is 467 g/mol. The summed E-state index contributed by atoms with van der Waals surface area (Å²) < 4.78 is 28.3. The summed E-state index contributed by atoms with van der Waals surface area (Å²) >= 11 is 1.07. The molecule has 0 saturated heterocycles. The number of hydrogen-bond acceptors (Lipinski definition) is 5. The Bertz CT molecular complexity index is 1320. The van der Waals surface area contributed by atoms with E-state index < -0.39 is 17.5 Å². The van der Waals surface area contributed by atoms with Crippen molar-refractivity contribution in [3.63, 3.8) is 0 Å². The fourth-order valence-electron chi connectivity index (χ4n) is 3.00. The number of amides is 2. The second-order valence-electron chi connectivity index (χ2n) is 7.26. The molecule has 7 nitrogen and oxygen atoms in total. The molecule has 2 aromatic carbocycles. The number of nitrogens with zero attached hydrogens (tertiary/aromatic N) is 3. The number of anilines is 1. The molecule has 0 bridgehead atoms. The van der Waals surface area contributed by atoms with Gasteiger partial charge in [0.15, 0.2) is 10.8 Å². The lowest BCUT2D eigenvalue weighted by Gasteiger charge is -2.07. The molecule has 0 fully saturated rings. The van der Waals surface area contributed by atoms with Crippen LogP contribution in [0.4, 0.5) is 14.5 Å². The van der Waals surface area contributed by atoms with Crippen molar-refractivity contribution in [1.82, 2.24) is 19.9 Å². The zero-order valence-corrected chi connectivity index (χ0v) is 18.3. The molecule has 2 aromatic heterocycles. The van der Waals surface area contributed by atoms with Gasteiger partial charge in [0.25, 0.3) is 5.91 Å². The molecule has 168 valence electrons. The van der Waals surface area contributed by atoms with Crippen LogP contribution in [0.15, 0.2) is 66.0 Å². The maximum atomic E-state index is 13.7. The first-order valence-corrected chi connectivity index (χ1v) is 10.9. The summed E-state index contributed by atoms with van der Waals surface area (Å²) in [6.07, 6.45) is 1.60. The van der Waals surface area contributed by atoms with Crippen LogP contribution in [0, 0.1) is 18.6 Å². The SMILES string of the molecule is Cc1ccc(CNC(=O)c2ccc3nnc(SCC(=O)Nc4ccc(F)cc4F)n3c2)cc1. The molecule has 4 rings (SSSR count). The highest BCUT2D eigenvalue weighted by molar-refractivity contribution is 7.99. The van der Waals surface area contributed by atoms with Gasteiger partial charge < -0.3 is 10.6 Å². The molecule has 0 aliphatic rings. The molecule has 0 aliphatic carbocycles. The lowest BCUT2D eigenvalue weighted by atomic mass is 10.1. The number of aryl methyl sites for hydroxylation is 1. The van der Waals surface area contributed by atoms with Gasteiger partial charge in [-0.2, -0.15) is 0 Å². The quantitative estimate of drug-likeness (QED) is 0.402. The molecule has 2 amide bonds. The van der Waals surface area contributed by atoms with Gasteiger partial charge in [0.2, 0.25) is 5.91 Å². The molecule has 0 unspecified atom stereocenters. The molecular formula is C23H19F2N5O2S. The third-order valence-corrected chi connectivity index (χ3v) is 5.69. The molecule has 0 atom stereocenters. The van der Waals surface area contributed by atoms with Gasteiger partial charge in [-0.15, -0.1) is 10.2 Å². The number of aromatic nitrogens is 3. The second kappa shape index (κ2) is 9.78. The Morgan fingerprint density at radius 2 is 1.82 bits per heavy atom. The molecule has 0 radical (unpaired) electrons. The van der Waals surface area contributed by atoms with Crippen molar-refractivity contribution in [2.24, 2.45) is 0 Å². The molecule has 0 aliphatic heterocycles. The maximum Gasteiger partial charge on any atom is 0.253 e. The van der Waals surface area contributed by atoms with Crippen LogP contribution >= 0.6 is 11.8 Å². The van der Waals surface area contributed by atoms with E-state index in [2.05, 4.69) is 20.8 Å². The first-order chi connectivity index (χ1) is 15.9. The summed E-state index contributed by atoms with van der Waals surface area (Å²) in [6, 6.07) is 14.1. The number of carbonyl (C=O) groups is 2. The van der Waals surface area contributed by atoms with E-state index in [1.54, 1.807) is 22.7 Å². The maximum absolute atomic E-state index is 13.7. The largest absolute Gasteiger partial charge is 0.348 e. The van der Waals surface area contributed by atoms with Gasteiger partial charge in [-0.1, -0.05) is 41.6 Å². The minimum atomic E-state index is -0.859. The molecular weight excluding hydrogens is 448 g/mol. The molecule has 4 aromatic rings. The molecule has 0 spiro atoms. The fourth-order valence-corrected chi connectivity index (χ4v) is 3.72. The van der Waals surface area contributed by atoms with Crippen LogP contribution in [-0.2, 0) is 11.3 Å². The Balaban J connectivity index is 1.40. The second-order valence-corrected chi connectivity index (χ2v) is 8.20. The van der Waals surface area contributed by atoms with E-state index in [0.29, 0.717) is 29.0 Å². The third-order valence-electron chi connectivity index (χ3n) is 4.74. The summed E-state index contributed by atoms with van der Waals surface area (Å²) in [4.78, 5) is 24.8. The average Bonchev–Trinajstić information content (AvgIpc) is 3.21. The molecule has 0 saturated carbocycles. The van der Waals surface area contributed by atoms with Crippen LogP contribution in [0.25, 0.3) is 5.65 Å². The van der Waals surface area contributed by atoms with Gasteiger partial charge in [-0.3, -0.25) is 14.0 Å². The summed E-state index contributed by atoms with van der Waals surface area (Å²) in [7, 11) is 0. The van der Waals surface area contributed by atoms with E-state index in [1.165, 1.54) is 0 Å². The van der Waals surface area contributed by atoms with Crippen LogP contribution in [-0.4, -0.2) is 32.2 Å². The van der Waals surface area contributed by atoms with E-state index in [9.17, 15) is 18.4 Å². The van der Waals surface area contributed by atoms with Crippen LogP contribution in [0.1, 0.15) is 21.5 Å². The number of thioether (sulfide) groups is 1. The minimum absolute atomic E-state index is 0.0819. The van der Waals surface area contributed by atoms with Gasteiger partial charge >= 0.3 is 0 Å². The number of hydrogen-bond donors (Lipinski definition) is 2. The summed E-state index contributed by atoms with van der Waals surface area (Å²) in [5.74, 6) is -2.42. The molecule has 10 heteroatoms. The van der Waals surface area contributed by atoms with Crippen LogP contribution < -0.4 is 10.6 Å². The fraction of sp³-hybridized carbons (Fsp3) is 0.130. The Morgan fingerprint density at radius 1 is 1.03 bits per heavy atom. The number of carbonyl (C=O) groups excluding carboxylic acids is 2. The van der Waals surface area contributed by atoms with Crippen molar-refractivity contribution >= 4 is 34.9 Å². The van der Waals surface area contributed by atoms with Crippen molar-refractivity contribution in [2.75, 3.05) is 11.1 Å². The predicted molar refractivity (Wildman–Crippen MR) is 121 cm³/mol. The Morgan fingerprint density at radius 3 is 2.58 bits per heavy atom. The van der Waals surface area contributed by atoms with E-state index in [-0.39, 0.29) is 17.3 Å². The minimum Gasteiger partial charge on any atom is -0.348 e. The molecule has 2 heterocycles. The predicted octanol–water partition coefficient (Wildman–Crippen LogP) is 3.98. The number of benzene rings is 2. The lowest BCUT2D eigenvalue weighted by molar-refractivity contribution is -0.113. The van der Waals surface area contributed by atoms with Crippen LogP contribution in [0.2, 0.25) is 0 Å².